The van der Waals surface area contributed by atoms with Crippen LogP contribution in [-0.2, 0) is 11.2 Å². The van der Waals surface area contributed by atoms with Crippen molar-refractivity contribution in [3.05, 3.63) is 75.8 Å². The van der Waals surface area contributed by atoms with Crippen molar-refractivity contribution in [3.63, 3.8) is 0 Å². The molecule has 0 saturated heterocycles. The van der Waals surface area contributed by atoms with Crippen LogP contribution in [0.15, 0.2) is 54.6 Å². The molecular formula is C16H16N2O4. The van der Waals surface area contributed by atoms with Crippen LogP contribution in [0.2, 0.25) is 0 Å². The number of amides is 1. The summed E-state index contributed by atoms with van der Waals surface area (Å²) in [4.78, 5) is 22.1. The highest BCUT2D eigenvalue weighted by Crippen LogP contribution is 2.14. The van der Waals surface area contributed by atoms with Crippen LogP contribution in [0.25, 0.3) is 0 Å². The van der Waals surface area contributed by atoms with E-state index in [1.165, 1.54) is 12.1 Å². The Bertz CT molecular complexity index is 658. The molecule has 2 N–H and O–H groups in total. The quantitative estimate of drug-likeness (QED) is 0.630. The molecule has 0 aliphatic rings. The highest BCUT2D eigenvalue weighted by Gasteiger charge is 2.16. The van der Waals surface area contributed by atoms with E-state index in [0.29, 0.717) is 18.5 Å². The van der Waals surface area contributed by atoms with E-state index in [9.17, 15) is 20.0 Å². The van der Waals surface area contributed by atoms with Crippen LogP contribution in [0.5, 0.6) is 0 Å². The van der Waals surface area contributed by atoms with E-state index in [1.807, 2.05) is 0 Å². The van der Waals surface area contributed by atoms with Gasteiger partial charge >= 0.3 is 0 Å². The molecule has 2 aromatic carbocycles. The van der Waals surface area contributed by atoms with E-state index in [2.05, 4.69) is 5.32 Å². The molecule has 1 atom stereocenters. The monoisotopic (exact) mass is 300 g/mol. The topological polar surface area (TPSA) is 92.5 Å². The fourth-order valence-electron chi connectivity index (χ4n) is 2.04. The lowest BCUT2D eigenvalue weighted by molar-refractivity contribution is -0.384. The lowest BCUT2D eigenvalue weighted by Gasteiger charge is -2.11. The number of carbonyl (C=O) groups excluding carboxylic acids is 1. The zero-order chi connectivity index (χ0) is 15.9. The first-order chi connectivity index (χ1) is 10.6. The number of aliphatic hydroxyl groups excluding tert-OH is 1. The summed E-state index contributed by atoms with van der Waals surface area (Å²) >= 11 is 0. The van der Waals surface area contributed by atoms with Gasteiger partial charge in [0.25, 0.3) is 11.6 Å². The van der Waals surface area contributed by atoms with Crippen molar-refractivity contribution in [2.24, 2.45) is 0 Å². The average molecular weight is 300 g/mol. The van der Waals surface area contributed by atoms with Gasteiger partial charge in [-0.2, -0.15) is 0 Å². The molecule has 2 aromatic rings. The number of nitro groups is 1. The summed E-state index contributed by atoms with van der Waals surface area (Å²) in [6.07, 6.45) is -0.763. The van der Waals surface area contributed by atoms with Crippen molar-refractivity contribution in [1.82, 2.24) is 5.32 Å². The summed E-state index contributed by atoms with van der Waals surface area (Å²) in [7, 11) is 0. The molecule has 1 amide bonds. The first-order valence-corrected chi connectivity index (χ1v) is 6.82. The average Bonchev–Trinajstić information content (AvgIpc) is 2.55. The highest BCUT2D eigenvalue weighted by atomic mass is 16.6. The smallest absolute Gasteiger partial charge is 0.269 e. The molecule has 22 heavy (non-hydrogen) atoms. The van der Waals surface area contributed by atoms with Gasteiger partial charge in [0.15, 0.2) is 6.10 Å². The zero-order valence-corrected chi connectivity index (χ0v) is 11.8. The highest BCUT2D eigenvalue weighted by molar-refractivity contribution is 5.81. The molecule has 0 radical (unpaired) electrons. The largest absolute Gasteiger partial charge is 0.378 e. The van der Waals surface area contributed by atoms with Gasteiger partial charge in [0.05, 0.1) is 4.92 Å². The third kappa shape index (κ3) is 4.13. The second-order valence-electron chi connectivity index (χ2n) is 4.78. The Kier molecular flexibility index (Phi) is 5.21. The number of benzene rings is 2. The predicted octanol–water partition coefficient (Wildman–Crippen LogP) is 1.99. The van der Waals surface area contributed by atoms with Crippen LogP contribution in [0.1, 0.15) is 17.2 Å². The summed E-state index contributed by atoms with van der Waals surface area (Å²) in [6.45, 7) is 0.296. The summed E-state index contributed by atoms with van der Waals surface area (Å²) in [5.41, 5.74) is 1.30. The van der Waals surface area contributed by atoms with Crippen LogP contribution in [-0.4, -0.2) is 22.5 Å². The molecule has 2 rings (SSSR count). The van der Waals surface area contributed by atoms with Crippen molar-refractivity contribution in [1.29, 1.82) is 0 Å². The molecular weight excluding hydrogens is 284 g/mol. The van der Waals surface area contributed by atoms with Crippen molar-refractivity contribution >= 4 is 11.6 Å². The molecule has 0 aliphatic carbocycles. The standard InChI is InChI=1S/C16H16N2O4/c19-15(13-6-2-1-3-7-13)16(20)17-10-9-12-5-4-8-14(11-12)18(21)22/h1-8,11,15,19H,9-10H2,(H,17,20). The van der Waals surface area contributed by atoms with Crippen molar-refractivity contribution in [2.45, 2.75) is 12.5 Å². The minimum Gasteiger partial charge on any atom is -0.378 e. The van der Waals surface area contributed by atoms with Crippen LogP contribution >= 0.6 is 0 Å². The third-order valence-electron chi connectivity index (χ3n) is 3.20. The predicted molar refractivity (Wildman–Crippen MR) is 81.2 cm³/mol. The van der Waals surface area contributed by atoms with Gasteiger partial charge in [0.2, 0.25) is 0 Å². The normalized spacial score (nSPS) is 11.7. The van der Waals surface area contributed by atoms with Gasteiger partial charge < -0.3 is 10.4 Å². The minimum atomic E-state index is -1.22. The number of carbonyl (C=O) groups is 1. The van der Waals surface area contributed by atoms with E-state index in [0.717, 1.165) is 5.56 Å². The van der Waals surface area contributed by atoms with Gasteiger partial charge in [-0.05, 0) is 17.5 Å². The van der Waals surface area contributed by atoms with Crippen LogP contribution in [0.3, 0.4) is 0 Å². The molecule has 114 valence electrons. The van der Waals surface area contributed by atoms with E-state index >= 15 is 0 Å². The fraction of sp³-hybridized carbons (Fsp3) is 0.188. The Morgan fingerprint density at radius 1 is 1.18 bits per heavy atom. The number of hydrogen-bond donors (Lipinski definition) is 2. The number of non-ortho nitro benzene ring substituents is 1. The van der Waals surface area contributed by atoms with E-state index in [4.69, 9.17) is 0 Å². The summed E-state index contributed by atoms with van der Waals surface area (Å²) in [6, 6.07) is 14.9. The lowest BCUT2D eigenvalue weighted by atomic mass is 10.1. The van der Waals surface area contributed by atoms with Gasteiger partial charge in [-0.1, -0.05) is 42.5 Å². The van der Waals surface area contributed by atoms with E-state index in [-0.39, 0.29) is 5.69 Å². The Labute approximate surface area is 127 Å². The number of rotatable bonds is 6. The maximum Gasteiger partial charge on any atom is 0.269 e. The second-order valence-corrected chi connectivity index (χ2v) is 4.78. The molecule has 0 spiro atoms. The Morgan fingerprint density at radius 2 is 1.91 bits per heavy atom. The van der Waals surface area contributed by atoms with Gasteiger partial charge in [-0.25, -0.2) is 0 Å². The number of hydrogen-bond acceptors (Lipinski definition) is 4. The zero-order valence-electron chi connectivity index (χ0n) is 11.8. The molecule has 0 heterocycles. The van der Waals surface area contributed by atoms with Gasteiger partial charge in [-0.3, -0.25) is 14.9 Å². The van der Waals surface area contributed by atoms with Gasteiger partial charge in [0.1, 0.15) is 0 Å². The fourth-order valence-corrected chi connectivity index (χ4v) is 2.04. The third-order valence-corrected chi connectivity index (χ3v) is 3.20. The number of nitrogens with zero attached hydrogens (tertiary/aromatic N) is 1. The molecule has 0 bridgehead atoms. The van der Waals surface area contributed by atoms with E-state index in [1.54, 1.807) is 42.5 Å². The SMILES string of the molecule is O=C(NCCc1cccc([N+](=O)[O-])c1)C(O)c1ccccc1. The molecule has 0 aromatic heterocycles. The minimum absolute atomic E-state index is 0.0214. The van der Waals surface area contributed by atoms with Crippen LogP contribution < -0.4 is 5.32 Å². The Balaban J connectivity index is 1.87. The van der Waals surface area contributed by atoms with Crippen molar-refractivity contribution < 1.29 is 14.8 Å². The number of nitrogens with one attached hydrogen (secondary N) is 1. The molecule has 0 saturated carbocycles. The summed E-state index contributed by atoms with van der Waals surface area (Å²) in [5.74, 6) is -0.489. The lowest BCUT2D eigenvalue weighted by Crippen LogP contribution is -2.30. The van der Waals surface area contributed by atoms with E-state index < -0.39 is 16.9 Å². The summed E-state index contributed by atoms with van der Waals surface area (Å²) in [5, 5.41) is 23.2. The van der Waals surface area contributed by atoms with Crippen molar-refractivity contribution in [2.75, 3.05) is 6.54 Å². The van der Waals surface area contributed by atoms with Gasteiger partial charge in [0, 0.05) is 18.7 Å². The Hall–Kier alpha value is -2.73. The maximum absolute atomic E-state index is 11.8. The Morgan fingerprint density at radius 3 is 2.59 bits per heavy atom. The first-order valence-electron chi connectivity index (χ1n) is 6.82. The number of nitro benzene ring substituents is 1. The molecule has 6 nitrogen and oxygen atoms in total. The van der Waals surface area contributed by atoms with Crippen LogP contribution in [0, 0.1) is 10.1 Å². The number of aliphatic hydroxyl groups is 1. The van der Waals surface area contributed by atoms with Crippen molar-refractivity contribution in [3.8, 4) is 0 Å². The van der Waals surface area contributed by atoms with Crippen LogP contribution in [0.4, 0.5) is 5.69 Å². The summed E-state index contributed by atoms with van der Waals surface area (Å²) < 4.78 is 0. The molecule has 0 fully saturated rings. The molecule has 6 heteroatoms. The van der Waals surface area contributed by atoms with Gasteiger partial charge in [-0.15, -0.1) is 0 Å². The second kappa shape index (κ2) is 7.33. The maximum atomic E-state index is 11.8. The first kappa shape index (κ1) is 15.7. The molecule has 0 aliphatic heterocycles. The molecule has 1 unspecified atom stereocenters.